The second kappa shape index (κ2) is 6.87. The zero-order valence-corrected chi connectivity index (χ0v) is 15.6. The summed E-state index contributed by atoms with van der Waals surface area (Å²) in [5.41, 5.74) is 3.05. The molecule has 3 aromatic carbocycles. The number of fused-ring (bicyclic) bond motifs is 2. The van der Waals surface area contributed by atoms with Crippen LogP contribution in [0.25, 0.3) is 33.0 Å². The highest BCUT2D eigenvalue weighted by Gasteiger charge is 2.13. The third-order valence-electron chi connectivity index (χ3n) is 4.79. The smallest absolute Gasteiger partial charge is 0.336 e. The molecule has 0 aliphatic rings. The van der Waals surface area contributed by atoms with Crippen LogP contribution in [-0.2, 0) is 0 Å². The van der Waals surface area contributed by atoms with Gasteiger partial charge in [0.15, 0.2) is 0 Å². The van der Waals surface area contributed by atoms with Crippen LogP contribution in [0.1, 0.15) is 5.56 Å². The molecule has 5 aromatic rings. The number of ether oxygens (including phenoxy) is 1. The molecule has 0 unspecified atom stereocenters. The van der Waals surface area contributed by atoms with E-state index in [9.17, 15) is 4.79 Å². The number of hydrogen-bond donors (Lipinski definition) is 0. The minimum Gasteiger partial charge on any atom is -0.437 e. The zero-order valence-electron chi connectivity index (χ0n) is 15.6. The van der Waals surface area contributed by atoms with Crippen LogP contribution in [-0.4, -0.2) is 10.2 Å². The van der Waals surface area contributed by atoms with Gasteiger partial charge in [0.05, 0.1) is 0 Å². The van der Waals surface area contributed by atoms with Crippen molar-refractivity contribution in [2.45, 2.75) is 6.92 Å². The largest absolute Gasteiger partial charge is 0.437 e. The van der Waals surface area contributed by atoms with Crippen LogP contribution >= 0.6 is 0 Å². The van der Waals surface area contributed by atoms with Crippen molar-refractivity contribution in [1.82, 2.24) is 10.2 Å². The van der Waals surface area contributed by atoms with E-state index in [2.05, 4.69) is 29.3 Å². The average Bonchev–Trinajstić information content (AvgIpc) is 2.74. The predicted octanol–water partition coefficient (Wildman–Crippen LogP) is 5.50. The van der Waals surface area contributed by atoms with Gasteiger partial charge in [-0.25, -0.2) is 4.79 Å². The van der Waals surface area contributed by atoms with E-state index in [0.717, 1.165) is 27.4 Å². The van der Waals surface area contributed by atoms with E-state index in [0.29, 0.717) is 17.2 Å². The maximum absolute atomic E-state index is 11.5. The normalized spacial score (nSPS) is 11.1. The number of aromatic nitrogens is 2. The molecule has 0 radical (unpaired) electrons. The van der Waals surface area contributed by atoms with Gasteiger partial charge < -0.3 is 9.15 Å². The second-order valence-corrected chi connectivity index (χ2v) is 6.82. The minimum atomic E-state index is -0.401. The van der Waals surface area contributed by atoms with E-state index in [1.165, 1.54) is 11.6 Å². The van der Waals surface area contributed by atoms with E-state index in [1.54, 1.807) is 12.1 Å². The fourth-order valence-corrected chi connectivity index (χ4v) is 3.30. The highest BCUT2D eigenvalue weighted by Crippen LogP contribution is 2.33. The lowest BCUT2D eigenvalue weighted by Gasteiger charge is -2.11. The van der Waals surface area contributed by atoms with Crippen molar-refractivity contribution in [1.29, 1.82) is 0 Å². The zero-order chi connectivity index (χ0) is 19.8. The van der Waals surface area contributed by atoms with E-state index in [1.807, 2.05) is 48.5 Å². The fourth-order valence-electron chi connectivity index (χ4n) is 3.30. The van der Waals surface area contributed by atoms with E-state index in [-0.39, 0.29) is 0 Å². The van der Waals surface area contributed by atoms with Gasteiger partial charge in [-0.3, -0.25) is 0 Å². The minimum absolute atomic E-state index is 0.397. The third kappa shape index (κ3) is 3.23. The number of benzene rings is 3. The lowest BCUT2D eigenvalue weighted by atomic mass is 10.0. The molecule has 0 fully saturated rings. The van der Waals surface area contributed by atoms with Crippen LogP contribution in [0.2, 0.25) is 0 Å². The molecule has 0 saturated heterocycles. The molecule has 0 atom stereocenters. The van der Waals surface area contributed by atoms with Gasteiger partial charge in [0.25, 0.3) is 0 Å². The van der Waals surface area contributed by atoms with Crippen LogP contribution < -0.4 is 10.4 Å². The molecule has 0 aliphatic carbocycles. The van der Waals surface area contributed by atoms with E-state index >= 15 is 0 Å². The summed E-state index contributed by atoms with van der Waals surface area (Å²) in [5, 5.41) is 11.4. The highest BCUT2D eigenvalue weighted by atomic mass is 16.5. The highest BCUT2D eigenvalue weighted by molar-refractivity contribution is 5.97. The Morgan fingerprint density at radius 3 is 2.41 bits per heavy atom. The predicted molar refractivity (Wildman–Crippen MR) is 112 cm³/mol. The Balaban J connectivity index is 1.60. The van der Waals surface area contributed by atoms with Crippen LogP contribution in [0, 0.1) is 6.92 Å². The van der Waals surface area contributed by atoms with Gasteiger partial charge in [-0.05, 0) is 31.2 Å². The Hall–Kier alpha value is -3.99. The molecular formula is C24H16N2O3. The van der Waals surface area contributed by atoms with Crippen LogP contribution in [0.5, 0.6) is 11.6 Å². The molecule has 0 saturated carbocycles. The van der Waals surface area contributed by atoms with Crippen LogP contribution in [0.4, 0.5) is 0 Å². The molecule has 5 heteroatoms. The monoisotopic (exact) mass is 380 g/mol. The molecule has 0 aliphatic heterocycles. The van der Waals surface area contributed by atoms with Crippen molar-refractivity contribution in [2.24, 2.45) is 0 Å². The second-order valence-electron chi connectivity index (χ2n) is 6.82. The summed E-state index contributed by atoms with van der Waals surface area (Å²) in [6.07, 6.45) is 0. The Kier molecular flexibility index (Phi) is 4.06. The summed E-state index contributed by atoms with van der Waals surface area (Å²) in [6.45, 7) is 2.05. The first-order chi connectivity index (χ1) is 14.2. The first-order valence-electron chi connectivity index (χ1n) is 9.22. The Bertz CT molecular complexity index is 1410. The third-order valence-corrected chi connectivity index (χ3v) is 4.79. The average molecular weight is 380 g/mol. The van der Waals surface area contributed by atoms with Crippen molar-refractivity contribution in [3.8, 4) is 22.9 Å². The van der Waals surface area contributed by atoms with Gasteiger partial charge in [0.1, 0.15) is 17.0 Å². The molecule has 29 heavy (non-hydrogen) atoms. The van der Waals surface area contributed by atoms with Gasteiger partial charge in [-0.1, -0.05) is 48.0 Å². The van der Waals surface area contributed by atoms with Gasteiger partial charge >= 0.3 is 5.63 Å². The maximum atomic E-state index is 11.5. The first kappa shape index (κ1) is 17.1. The number of hydrogen-bond acceptors (Lipinski definition) is 5. The van der Waals surface area contributed by atoms with E-state index < -0.39 is 5.63 Å². The Morgan fingerprint density at radius 2 is 1.59 bits per heavy atom. The SMILES string of the molecule is Cc1ccc(-c2nnc(Oc3ccc4ccc(=O)oc4c3)c3ccccc23)cc1. The Labute approximate surface area is 166 Å². The summed E-state index contributed by atoms with van der Waals surface area (Å²) in [4.78, 5) is 11.5. The summed E-state index contributed by atoms with van der Waals surface area (Å²) >= 11 is 0. The molecule has 5 nitrogen and oxygen atoms in total. The molecular weight excluding hydrogens is 364 g/mol. The van der Waals surface area contributed by atoms with Gasteiger partial charge in [-0.2, -0.15) is 0 Å². The van der Waals surface area contributed by atoms with Crippen molar-refractivity contribution >= 4 is 21.7 Å². The topological polar surface area (TPSA) is 65.2 Å². The molecule has 2 heterocycles. The standard InChI is InChI=1S/C24H16N2O3/c1-15-6-8-17(9-7-15)23-19-4-2-3-5-20(19)24(26-25-23)28-18-12-10-16-11-13-22(27)29-21(16)14-18/h2-14H,1H3. The van der Waals surface area contributed by atoms with E-state index in [4.69, 9.17) is 9.15 Å². The number of aryl methyl sites for hydroxylation is 1. The molecule has 0 bridgehead atoms. The van der Waals surface area contributed by atoms with Gasteiger partial charge in [-0.15, -0.1) is 10.2 Å². The lowest BCUT2D eigenvalue weighted by Crippen LogP contribution is -1.97. The molecule has 0 spiro atoms. The lowest BCUT2D eigenvalue weighted by molar-refractivity contribution is 0.460. The van der Waals surface area contributed by atoms with Crippen molar-refractivity contribution in [3.63, 3.8) is 0 Å². The van der Waals surface area contributed by atoms with Crippen molar-refractivity contribution in [3.05, 3.63) is 94.8 Å². The summed E-state index contributed by atoms with van der Waals surface area (Å²) in [7, 11) is 0. The van der Waals surface area contributed by atoms with Crippen molar-refractivity contribution in [2.75, 3.05) is 0 Å². The fraction of sp³-hybridized carbons (Fsp3) is 0.0417. The quantitative estimate of drug-likeness (QED) is 0.387. The molecule has 2 aromatic heterocycles. The van der Waals surface area contributed by atoms with Crippen LogP contribution in [0.3, 0.4) is 0 Å². The molecule has 140 valence electrons. The first-order valence-corrected chi connectivity index (χ1v) is 9.22. The van der Waals surface area contributed by atoms with Gasteiger partial charge in [0, 0.05) is 33.9 Å². The maximum Gasteiger partial charge on any atom is 0.336 e. The molecule has 0 amide bonds. The molecule has 5 rings (SSSR count). The Morgan fingerprint density at radius 1 is 0.828 bits per heavy atom. The van der Waals surface area contributed by atoms with Gasteiger partial charge in [0.2, 0.25) is 5.88 Å². The van der Waals surface area contributed by atoms with Crippen LogP contribution in [0.15, 0.2) is 88.1 Å². The summed E-state index contributed by atoms with van der Waals surface area (Å²) in [6, 6.07) is 24.5. The summed E-state index contributed by atoms with van der Waals surface area (Å²) < 4.78 is 11.3. The summed E-state index contributed by atoms with van der Waals surface area (Å²) in [5.74, 6) is 0.920. The number of nitrogens with zero attached hydrogens (tertiary/aromatic N) is 2. The van der Waals surface area contributed by atoms with Crippen molar-refractivity contribution < 1.29 is 9.15 Å². The molecule has 0 N–H and O–H groups in total. The number of rotatable bonds is 3.